The maximum Gasteiger partial charge on any atom is 0.438 e. The normalized spacial score (nSPS) is 9.63. The summed E-state index contributed by atoms with van der Waals surface area (Å²) in [5, 5.41) is 6.93. The van der Waals surface area contributed by atoms with Crippen LogP contribution < -0.4 is 5.73 Å². The zero-order valence-corrected chi connectivity index (χ0v) is 12.9. The third kappa shape index (κ3) is 9.90. The highest BCUT2D eigenvalue weighted by molar-refractivity contribution is 5.68. The molecule has 7 nitrogen and oxygen atoms in total. The third-order valence-electron chi connectivity index (χ3n) is 1.82. The van der Waals surface area contributed by atoms with E-state index in [2.05, 4.69) is 10.5 Å². The fraction of sp³-hybridized carbons (Fsp3) is 0.667. The summed E-state index contributed by atoms with van der Waals surface area (Å²) in [5.74, 6) is 0.625. The van der Waals surface area contributed by atoms with Gasteiger partial charge in [-0.05, 0) is 13.3 Å². The van der Waals surface area contributed by atoms with E-state index in [0.717, 1.165) is 11.4 Å². The van der Waals surface area contributed by atoms with Gasteiger partial charge in [0.1, 0.15) is 5.76 Å². The summed E-state index contributed by atoms with van der Waals surface area (Å²) in [6.07, 6.45) is 0.795. The predicted molar refractivity (Wildman–Crippen MR) is 75.6 cm³/mol. The Labute approximate surface area is 115 Å². The Morgan fingerprint density at radius 3 is 1.89 bits per heavy atom. The van der Waals surface area contributed by atoms with Crippen LogP contribution in [0.5, 0.6) is 0 Å². The van der Waals surface area contributed by atoms with Crippen LogP contribution >= 0.6 is 0 Å². The molecule has 0 bridgehead atoms. The number of methoxy groups -OCH3 is 2. The largest absolute Gasteiger partial charge is 0.499 e. The summed E-state index contributed by atoms with van der Waals surface area (Å²) in [4.78, 5) is 16.2. The molecule has 19 heavy (non-hydrogen) atoms. The maximum absolute atomic E-state index is 11.3. The number of nitrogens with zero attached hydrogens (tertiary/aromatic N) is 1. The van der Waals surface area contributed by atoms with Gasteiger partial charge in [0.05, 0.1) is 33.4 Å². The molecule has 0 aromatic carbocycles. The second kappa shape index (κ2) is 16.2. The Hall–Kier alpha value is -1.76. The number of nitrogens with two attached hydrogens (primary N) is 1. The lowest BCUT2D eigenvalue weighted by Gasteiger charge is -2.21. The first-order valence-electron chi connectivity index (χ1n) is 5.90. The number of carbonyl (C=O) groups excluding carboxylic acids is 1. The van der Waals surface area contributed by atoms with Crippen molar-refractivity contribution in [3.63, 3.8) is 0 Å². The summed E-state index contributed by atoms with van der Waals surface area (Å²) in [5.41, 5.74) is 5.03. The van der Waals surface area contributed by atoms with Crippen molar-refractivity contribution in [1.29, 1.82) is 5.41 Å². The van der Waals surface area contributed by atoms with Crippen LogP contribution in [-0.2, 0) is 14.3 Å². The van der Waals surface area contributed by atoms with Gasteiger partial charge in [0.2, 0.25) is 0 Å². The van der Waals surface area contributed by atoms with Crippen LogP contribution in [0.25, 0.3) is 0 Å². The topological polar surface area (TPSA) is 97.9 Å². The number of rotatable bonds is 4. The molecule has 0 atom stereocenters. The van der Waals surface area contributed by atoms with E-state index in [4.69, 9.17) is 15.0 Å². The van der Waals surface area contributed by atoms with Gasteiger partial charge in [-0.15, -0.1) is 0 Å². The Morgan fingerprint density at radius 1 is 1.26 bits per heavy atom. The Balaban J connectivity index is -0.000000445. The molecule has 0 saturated heterocycles. The SMILES string of the molecule is CC.CC/C(=C(\C)OC)N(OC)C(=O)OC.N=CN. The van der Waals surface area contributed by atoms with Crippen LogP contribution in [0.3, 0.4) is 0 Å². The molecule has 0 unspecified atom stereocenters. The molecule has 0 rings (SSSR count). The minimum atomic E-state index is -0.569. The molecule has 0 spiro atoms. The highest BCUT2D eigenvalue weighted by Crippen LogP contribution is 2.15. The lowest BCUT2D eigenvalue weighted by atomic mass is 10.3. The second-order valence-electron chi connectivity index (χ2n) is 2.67. The van der Waals surface area contributed by atoms with Crippen LogP contribution in [0.1, 0.15) is 34.1 Å². The van der Waals surface area contributed by atoms with Gasteiger partial charge >= 0.3 is 6.09 Å². The molecule has 0 aliphatic carbocycles. The minimum Gasteiger partial charge on any atom is -0.499 e. The van der Waals surface area contributed by atoms with Crippen LogP contribution in [0.2, 0.25) is 0 Å². The van der Waals surface area contributed by atoms with E-state index in [1.165, 1.54) is 21.3 Å². The van der Waals surface area contributed by atoms with Crippen molar-refractivity contribution in [3.05, 3.63) is 11.5 Å². The molecule has 0 fully saturated rings. The summed E-state index contributed by atoms with van der Waals surface area (Å²) < 4.78 is 9.58. The summed E-state index contributed by atoms with van der Waals surface area (Å²) in [7, 11) is 4.23. The first-order chi connectivity index (χ1) is 9.03. The highest BCUT2D eigenvalue weighted by atomic mass is 16.7. The zero-order valence-electron chi connectivity index (χ0n) is 12.9. The van der Waals surface area contributed by atoms with E-state index >= 15 is 0 Å². The maximum atomic E-state index is 11.3. The van der Waals surface area contributed by atoms with Gasteiger partial charge in [-0.1, -0.05) is 20.8 Å². The number of amides is 1. The average molecular weight is 277 g/mol. The van der Waals surface area contributed by atoms with Crippen LogP contribution in [0.15, 0.2) is 11.5 Å². The Bertz CT molecular complexity index is 268. The van der Waals surface area contributed by atoms with Crippen molar-refractivity contribution < 1.29 is 19.1 Å². The quantitative estimate of drug-likeness (QED) is 0.356. The Morgan fingerprint density at radius 2 is 1.68 bits per heavy atom. The summed E-state index contributed by atoms with van der Waals surface area (Å²) in [6, 6.07) is 0. The average Bonchev–Trinajstić information content (AvgIpc) is 2.46. The van der Waals surface area contributed by atoms with E-state index in [-0.39, 0.29) is 0 Å². The lowest BCUT2D eigenvalue weighted by Crippen LogP contribution is -2.30. The fourth-order valence-corrected chi connectivity index (χ4v) is 1.03. The van der Waals surface area contributed by atoms with Gasteiger partial charge in [-0.25, -0.2) is 4.79 Å². The standard InChI is InChI=1S/C9H17NO4.C2H6.CH4N2/c1-6-8(7(2)12-3)10(14-5)9(11)13-4;1-2;2-1-3/h6H2,1-5H3;1-2H3;1H,(H3,2,3)/b8-7-;;. The molecule has 114 valence electrons. The van der Waals surface area contributed by atoms with Crippen molar-refractivity contribution >= 4 is 12.4 Å². The molecular formula is C12H27N3O4. The van der Waals surface area contributed by atoms with Crippen LogP contribution in [0.4, 0.5) is 4.79 Å². The van der Waals surface area contributed by atoms with Crippen molar-refractivity contribution in [2.45, 2.75) is 34.1 Å². The molecule has 7 heteroatoms. The number of carbonyl (C=O) groups is 1. The van der Waals surface area contributed by atoms with Crippen molar-refractivity contribution in [1.82, 2.24) is 5.06 Å². The highest BCUT2D eigenvalue weighted by Gasteiger charge is 2.19. The number of hydrogen-bond acceptors (Lipinski definition) is 5. The monoisotopic (exact) mass is 277 g/mol. The van der Waals surface area contributed by atoms with Crippen molar-refractivity contribution in [3.8, 4) is 0 Å². The summed E-state index contributed by atoms with van der Waals surface area (Å²) >= 11 is 0. The van der Waals surface area contributed by atoms with Crippen LogP contribution in [0, 0.1) is 5.41 Å². The van der Waals surface area contributed by atoms with Gasteiger partial charge in [0.15, 0.2) is 0 Å². The van der Waals surface area contributed by atoms with E-state index in [1.807, 2.05) is 20.8 Å². The summed E-state index contributed by atoms with van der Waals surface area (Å²) in [6.45, 7) is 7.65. The fourth-order valence-electron chi connectivity index (χ4n) is 1.03. The van der Waals surface area contributed by atoms with E-state index < -0.39 is 6.09 Å². The molecule has 3 N–H and O–H groups in total. The molecular weight excluding hydrogens is 250 g/mol. The molecule has 0 saturated carbocycles. The van der Waals surface area contributed by atoms with E-state index in [0.29, 0.717) is 17.9 Å². The van der Waals surface area contributed by atoms with E-state index in [9.17, 15) is 4.79 Å². The van der Waals surface area contributed by atoms with Crippen LogP contribution in [-0.4, -0.2) is 38.8 Å². The van der Waals surface area contributed by atoms with Gasteiger partial charge in [-0.3, -0.25) is 10.2 Å². The molecule has 0 aromatic rings. The first-order valence-corrected chi connectivity index (χ1v) is 5.90. The number of allylic oxidation sites excluding steroid dienone is 2. The zero-order chi connectivity index (χ0) is 15.8. The molecule has 0 radical (unpaired) electrons. The molecule has 0 heterocycles. The lowest BCUT2D eigenvalue weighted by molar-refractivity contribution is -0.0843. The molecule has 1 amide bonds. The number of nitrogens with one attached hydrogen (secondary N) is 1. The second-order valence-corrected chi connectivity index (χ2v) is 2.67. The number of ether oxygens (including phenoxy) is 2. The van der Waals surface area contributed by atoms with Crippen molar-refractivity contribution in [2.24, 2.45) is 5.73 Å². The molecule has 0 aliphatic rings. The molecule has 0 aromatic heterocycles. The number of hydrogen-bond donors (Lipinski definition) is 2. The number of hydroxylamine groups is 2. The van der Waals surface area contributed by atoms with Gasteiger partial charge < -0.3 is 15.2 Å². The third-order valence-corrected chi connectivity index (χ3v) is 1.82. The predicted octanol–water partition coefficient (Wildman–Crippen LogP) is 2.48. The minimum absolute atomic E-state index is 0.569. The van der Waals surface area contributed by atoms with Gasteiger partial charge in [0, 0.05) is 0 Å². The van der Waals surface area contributed by atoms with Gasteiger partial charge in [-0.2, -0.15) is 5.06 Å². The molecule has 0 aliphatic heterocycles. The smallest absolute Gasteiger partial charge is 0.438 e. The first kappa shape index (κ1) is 22.4. The Kier molecular flexibility index (Phi) is 19.2. The van der Waals surface area contributed by atoms with Gasteiger partial charge in [0.25, 0.3) is 0 Å². The van der Waals surface area contributed by atoms with E-state index in [1.54, 1.807) is 6.92 Å². The van der Waals surface area contributed by atoms with Crippen molar-refractivity contribution in [2.75, 3.05) is 21.3 Å².